The number of aryl methyl sites for hydroxylation is 1. The van der Waals surface area contributed by atoms with Crippen molar-refractivity contribution in [3.05, 3.63) is 47.2 Å². The molecule has 76 valence electrons. The largest absolute Gasteiger partial charge is 0.249 e. The zero-order valence-electron chi connectivity index (χ0n) is 8.14. The van der Waals surface area contributed by atoms with Crippen LogP contribution < -0.4 is 0 Å². The van der Waals surface area contributed by atoms with Gasteiger partial charge in [-0.15, -0.1) is 0 Å². The average Bonchev–Trinajstić information content (AvgIpc) is 2.22. The van der Waals surface area contributed by atoms with E-state index < -0.39 is 0 Å². The lowest BCUT2D eigenvalue weighted by molar-refractivity contribution is 1.06. The molecule has 0 unspecified atom stereocenters. The number of aromatic nitrogens is 2. The van der Waals surface area contributed by atoms with Crippen molar-refractivity contribution in [2.75, 3.05) is 0 Å². The Balaban J connectivity index is 2.26. The minimum Gasteiger partial charge on any atom is -0.249 e. The monoisotopic (exact) mass is 236 g/mol. The van der Waals surface area contributed by atoms with Gasteiger partial charge in [0.1, 0.15) is 15.2 Å². The van der Waals surface area contributed by atoms with Crippen molar-refractivity contribution in [3.8, 4) is 0 Å². The maximum atomic E-state index is 5.81. The first-order chi connectivity index (χ1) is 7.25. The molecule has 0 spiro atoms. The van der Waals surface area contributed by atoms with Crippen molar-refractivity contribution in [2.24, 2.45) is 0 Å². The summed E-state index contributed by atoms with van der Waals surface area (Å²) in [6, 6.07) is 9.52. The average molecular weight is 237 g/mol. The summed E-state index contributed by atoms with van der Waals surface area (Å²) in [6.07, 6.45) is 1.78. The summed E-state index contributed by atoms with van der Waals surface area (Å²) in [7, 11) is 0. The van der Waals surface area contributed by atoms with Gasteiger partial charge in [-0.3, -0.25) is 0 Å². The molecule has 2 aromatic rings. The van der Waals surface area contributed by atoms with Gasteiger partial charge in [0.25, 0.3) is 0 Å². The molecule has 2 heterocycles. The molecule has 0 saturated heterocycles. The number of nitrogens with zero attached hydrogens (tertiary/aromatic N) is 2. The minimum absolute atomic E-state index is 0.508. The van der Waals surface area contributed by atoms with Crippen LogP contribution in [0.2, 0.25) is 5.15 Å². The van der Waals surface area contributed by atoms with Gasteiger partial charge in [-0.2, -0.15) is 0 Å². The third-order valence-electron chi connectivity index (χ3n) is 1.85. The molecular weight excluding hydrogens is 228 g/mol. The summed E-state index contributed by atoms with van der Waals surface area (Å²) in [5.74, 6) is 0. The van der Waals surface area contributed by atoms with Gasteiger partial charge in [-0.05, 0) is 42.4 Å². The molecule has 0 radical (unpaired) electrons. The van der Waals surface area contributed by atoms with Gasteiger partial charge in [0.05, 0.1) is 0 Å². The topological polar surface area (TPSA) is 25.8 Å². The Morgan fingerprint density at radius 3 is 2.80 bits per heavy atom. The van der Waals surface area contributed by atoms with Gasteiger partial charge < -0.3 is 0 Å². The van der Waals surface area contributed by atoms with E-state index in [4.69, 9.17) is 11.6 Å². The fourth-order valence-electron chi connectivity index (χ4n) is 1.12. The van der Waals surface area contributed by atoms with Crippen LogP contribution in [0.3, 0.4) is 0 Å². The fourth-order valence-corrected chi connectivity index (χ4v) is 2.17. The molecule has 0 N–H and O–H groups in total. The van der Waals surface area contributed by atoms with Gasteiger partial charge >= 0.3 is 0 Å². The molecule has 0 aromatic carbocycles. The molecule has 2 aromatic heterocycles. The Morgan fingerprint density at radius 2 is 2.07 bits per heavy atom. The first kappa shape index (κ1) is 10.5. The third-order valence-corrected chi connectivity index (χ3v) is 3.12. The second-order valence-corrected chi connectivity index (χ2v) is 4.42. The smallest absolute Gasteiger partial charge is 0.130 e. The molecule has 15 heavy (non-hydrogen) atoms. The van der Waals surface area contributed by atoms with Crippen LogP contribution in [0.5, 0.6) is 0 Å². The zero-order chi connectivity index (χ0) is 10.7. The Morgan fingerprint density at radius 1 is 1.20 bits per heavy atom. The molecule has 0 aliphatic rings. The van der Waals surface area contributed by atoms with Crippen molar-refractivity contribution in [1.82, 2.24) is 9.97 Å². The molecule has 2 nitrogen and oxygen atoms in total. The number of rotatable bonds is 2. The van der Waals surface area contributed by atoms with Crippen LogP contribution in [0.25, 0.3) is 0 Å². The lowest BCUT2D eigenvalue weighted by atomic mass is 10.3. The van der Waals surface area contributed by atoms with Crippen LogP contribution in [0.1, 0.15) is 5.56 Å². The Hall–Kier alpha value is -1.06. The highest BCUT2D eigenvalue weighted by Gasteiger charge is 2.03. The van der Waals surface area contributed by atoms with Crippen molar-refractivity contribution < 1.29 is 0 Å². The molecule has 0 aliphatic heterocycles. The van der Waals surface area contributed by atoms with Crippen LogP contribution in [0.4, 0.5) is 0 Å². The van der Waals surface area contributed by atoms with E-state index in [1.807, 2.05) is 31.2 Å². The van der Waals surface area contributed by atoms with Crippen LogP contribution in [0.15, 0.2) is 46.6 Å². The number of hydrogen-bond acceptors (Lipinski definition) is 3. The molecule has 0 atom stereocenters. The molecular formula is C11H9ClN2S. The molecule has 0 saturated carbocycles. The molecule has 0 amide bonds. The predicted molar refractivity (Wildman–Crippen MR) is 62.3 cm³/mol. The van der Waals surface area contributed by atoms with E-state index in [-0.39, 0.29) is 0 Å². The molecule has 0 fully saturated rings. The first-order valence-corrected chi connectivity index (χ1v) is 5.67. The van der Waals surface area contributed by atoms with E-state index in [2.05, 4.69) is 9.97 Å². The summed E-state index contributed by atoms with van der Waals surface area (Å²) in [4.78, 5) is 8.48. The van der Waals surface area contributed by atoms with Crippen molar-refractivity contribution >= 4 is 23.4 Å². The molecule has 0 aliphatic carbocycles. The van der Waals surface area contributed by atoms with Gasteiger partial charge in [-0.25, -0.2) is 9.97 Å². The van der Waals surface area contributed by atoms with Gasteiger partial charge in [0.2, 0.25) is 0 Å². The predicted octanol–water partition coefficient (Wildman–Crippen LogP) is 3.59. The van der Waals surface area contributed by atoms with Gasteiger partial charge in [-0.1, -0.05) is 23.7 Å². The normalized spacial score (nSPS) is 10.3. The standard InChI is InChI=1S/C11H9ClN2S/c1-8-4-3-7-13-11(8)15-10-6-2-5-9(12)14-10/h2-7H,1H3. The minimum atomic E-state index is 0.508. The van der Waals surface area contributed by atoms with Gasteiger partial charge in [0.15, 0.2) is 0 Å². The van der Waals surface area contributed by atoms with Crippen LogP contribution in [0, 0.1) is 6.92 Å². The van der Waals surface area contributed by atoms with Crippen LogP contribution >= 0.6 is 23.4 Å². The number of hydrogen-bond donors (Lipinski definition) is 0. The maximum Gasteiger partial charge on any atom is 0.130 e. The number of pyridine rings is 2. The highest BCUT2D eigenvalue weighted by atomic mass is 35.5. The van der Waals surface area contributed by atoms with Gasteiger partial charge in [0, 0.05) is 6.20 Å². The molecule has 4 heteroatoms. The van der Waals surface area contributed by atoms with Crippen molar-refractivity contribution in [2.45, 2.75) is 17.0 Å². The zero-order valence-corrected chi connectivity index (χ0v) is 9.72. The lowest BCUT2D eigenvalue weighted by Gasteiger charge is -2.02. The second-order valence-electron chi connectivity index (χ2n) is 3.03. The van der Waals surface area contributed by atoms with E-state index in [1.165, 1.54) is 11.8 Å². The molecule has 2 rings (SSSR count). The van der Waals surface area contributed by atoms with Crippen LogP contribution in [-0.2, 0) is 0 Å². The van der Waals surface area contributed by atoms with E-state index in [0.717, 1.165) is 15.6 Å². The van der Waals surface area contributed by atoms with E-state index in [9.17, 15) is 0 Å². The van der Waals surface area contributed by atoms with E-state index in [0.29, 0.717) is 5.15 Å². The SMILES string of the molecule is Cc1cccnc1Sc1cccc(Cl)n1. The maximum absolute atomic E-state index is 5.81. The first-order valence-electron chi connectivity index (χ1n) is 4.48. The highest BCUT2D eigenvalue weighted by Crippen LogP contribution is 2.27. The highest BCUT2D eigenvalue weighted by molar-refractivity contribution is 7.99. The second kappa shape index (κ2) is 4.64. The van der Waals surface area contributed by atoms with E-state index in [1.54, 1.807) is 12.3 Å². The fraction of sp³-hybridized carbons (Fsp3) is 0.0909. The molecule has 0 bridgehead atoms. The Bertz CT molecular complexity index is 474. The summed E-state index contributed by atoms with van der Waals surface area (Å²) in [6.45, 7) is 2.03. The Kier molecular flexibility index (Phi) is 3.23. The van der Waals surface area contributed by atoms with Crippen molar-refractivity contribution in [3.63, 3.8) is 0 Å². The summed E-state index contributed by atoms with van der Waals surface area (Å²) < 4.78 is 0. The third kappa shape index (κ3) is 2.70. The Labute approximate surface area is 97.7 Å². The summed E-state index contributed by atoms with van der Waals surface area (Å²) in [5.41, 5.74) is 1.14. The summed E-state index contributed by atoms with van der Waals surface area (Å²) in [5, 5.41) is 2.34. The quantitative estimate of drug-likeness (QED) is 0.746. The number of halogens is 1. The van der Waals surface area contributed by atoms with E-state index >= 15 is 0 Å². The lowest BCUT2D eigenvalue weighted by Crippen LogP contribution is -1.85. The summed E-state index contributed by atoms with van der Waals surface area (Å²) >= 11 is 7.33. The van der Waals surface area contributed by atoms with Crippen molar-refractivity contribution in [1.29, 1.82) is 0 Å². The van der Waals surface area contributed by atoms with Crippen LogP contribution in [-0.4, -0.2) is 9.97 Å².